The van der Waals surface area contributed by atoms with Crippen LogP contribution >= 0.6 is 0 Å². The van der Waals surface area contributed by atoms with E-state index in [0.29, 0.717) is 0 Å². The molecule has 0 aliphatic carbocycles. The second-order valence-electron chi connectivity index (χ2n) is 30.0. The van der Waals surface area contributed by atoms with Gasteiger partial charge in [0.25, 0.3) is 13.4 Å². The summed E-state index contributed by atoms with van der Waals surface area (Å²) in [7, 11) is 0. The van der Waals surface area contributed by atoms with Gasteiger partial charge >= 0.3 is 0 Å². The number of fused-ring (bicyclic) bond motifs is 32. The Labute approximate surface area is 623 Å². The third kappa shape index (κ3) is 7.84. The lowest BCUT2D eigenvalue weighted by Gasteiger charge is -2.47. The van der Waals surface area contributed by atoms with Crippen LogP contribution in [0, 0.1) is 0 Å². The van der Waals surface area contributed by atoms with Gasteiger partial charge in [-0.15, -0.1) is 0 Å². The summed E-state index contributed by atoms with van der Waals surface area (Å²) in [5.41, 5.74) is 21.4. The van der Waals surface area contributed by atoms with Crippen molar-refractivity contribution in [1.82, 2.24) is 0 Å². The first kappa shape index (κ1) is 58.5. The topological polar surface area (TPSA) is 13.0 Å². The largest absolute Gasteiger partial charge is 0.311 e. The zero-order chi connectivity index (χ0) is 70.1. The van der Waals surface area contributed by atoms with Gasteiger partial charge in [0.15, 0.2) is 0 Å². The van der Waals surface area contributed by atoms with E-state index in [1.807, 2.05) is 0 Å². The maximum atomic E-state index is 2.69. The normalized spacial score (nSPS) is 13.4. The van der Waals surface area contributed by atoms with Crippen LogP contribution < -0.4 is 52.4 Å². The molecular formula is C102H60B2N4. The van der Waals surface area contributed by atoms with Crippen LogP contribution in [-0.4, -0.2) is 13.4 Å². The third-order valence-electron chi connectivity index (χ3n) is 24.9. The molecule has 0 fully saturated rings. The minimum atomic E-state index is -0.167. The van der Waals surface area contributed by atoms with Crippen LogP contribution in [-0.2, 0) is 0 Å². The number of benzene rings is 21. The molecule has 0 N–H and O–H groups in total. The molecule has 108 heavy (non-hydrogen) atoms. The lowest BCUT2D eigenvalue weighted by atomic mass is 9.30. The van der Waals surface area contributed by atoms with Gasteiger partial charge in [-0.05, 0) is 253 Å². The zero-order valence-electron chi connectivity index (χ0n) is 58.6. The van der Waals surface area contributed by atoms with E-state index >= 15 is 0 Å². The maximum Gasteiger partial charge on any atom is 0.252 e. The molecule has 0 saturated heterocycles. The summed E-state index contributed by atoms with van der Waals surface area (Å²) in [6.07, 6.45) is 0. The molecule has 0 bridgehead atoms. The van der Waals surface area contributed by atoms with Gasteiger partial charge < -0.3 is 19.6 Å². The van der Waals surface area contributed by atoms with Gasteiger partial charge in [-0.1, -0.05) is 273 Å². The summed E-state index contributed by atoms with van der Waals surface area (Å²) < 4.78 is 0. The monoisotopic (exact) mass is 1360 g/mol. The molecule has 0 saturated carbocycles. The Balaban J connectivity index is 0.781. The molecule has 25 rings (SSSR count). The molecular weight excluding hydrogens is 1300 g/mol. The van der Waals surface area contributed by atoms with E-state index in [4.69, 9.17) is 0 Å². The highest BCUT2D eigenvalue weighted by atomic mass is 15.2. The number of para-hydroxylation sites is 2. The zero-order valence-corrected chi connectivity index (χ0v) is 58.6. The van der Waals surface area contributed by atoms with Gasteiger partial charge in [0.05, 0.1) is 0 Å². The molecule has 494 valence electrons. The van der Waals surface area contributed by atoms with Crippen LogP contribution in [0.5, 0.6) is 0 Å². The van der Waals surface area contributed by atoms with E-state index < -0.39 is 0 Å². The number of nitrogens with zero attached hydrogens (tertiary/aromatic N) is 4. The van der Waals surface area contributed by atoms with E-state index in [1.165, 1.54) is 185 Å². The maximum absolute atomic E-state index is 2.69. The molecule has 6 heteroatoms. The van der Waals surface area contributed by atoms with Crippen LogP contribution in [0.2, 0.25) is 0 Å². The Morgan fingerprint density at radius 2 is 0.324 bits per heavy atom. The lowest BCUT2D eigenvalue weighted by molar-refractivity contribution is 1.24. The highest BCUT2D eigenvalue weighted by Gasteiger charge is 2.48. The van der Waals surface area contributed by atoms with E-state index in [2.05, 4.69) is 384 Å². The van der Waals surface area contributed by atoms with Gasteiger partial charge in [0, 0.05) is 68.2 Å². The molecule has 0 atom stereocenters. The molecule has 0 aromatic heterocycles. The summed E-state index contributed by atoms with van der Waals surface area (Å²) in [6, 6.07) is 139. The van der Waals surface area contributed by atoms with Gasteiger partial charge in [0.2, 0.25) is 0 Å². The number of hydrogen-bond donors (Lipinski definition) is 0. The van der Waals surface area contributed by atoms with Crippen molar-refractivity contribution in [3.63, 3.8) is 0 Å². The summed E-state index contributed by atoms with van der Waals surface area (Å²) in [4.78, 5) is 10.5. The van der Waals surface area contributed by atoms with Crippen molar-refractivity contribution >= 4 is 244 Å². The van der Waals surface area contributed by atoms with E-state index in [-0.39, 0.29) is 13.4 Å². The molecule has 4 aliphatic rings. The molecule has 0 unspecified atom stereocenters. The van der Waals surface area contributed by atoms with Crippen molar-refractivity contribution in [3.05, 3.63) is 364 Å². The molecule has 21 aromatic rings. The molecule has 0 radical (unpaired) electrons. The fraction of sp³-hybridized carbons (Fsp3) is 0. The fourth-order valence-electron chi connectivity index (χ4n) is 20.5. The summed E-state index contributed by atoms with van der Waals surface area (Å²) >= 11 is 0. The van der Waals surface area contributed by atoms with Crippen molar-refractivity contribution < 1.29 is 0 Å². The minimum absolute atomic E-state index is 0.167. The third-order valence-corrected chi connectivity index (χ3v) is 24.9. The predicted octanol–water partition coefficient (Wildman–Crippen LogP) is 23.7. The quantitative estimate of drug-likeness (QED) is 0.129. The van der Waals surface area contributed by atoms with Gasteiger partial charge in [-0.25, -0.2) is 0 Å². The first-order valence-electron chi connectivity index (χ1n) is 37.8. The van der Waals surface area contributed by atoms with Crippen LogP contribution in [0.1, 0.15) is 0 Å². The molecule has 0 spiro atoms. The van der Waals surface area contributed by atoms with Gasteiger partial charge in [0.1, 0.15) is 0 Å². The summed E-state index contributed by atoms with van der Waals surface area (Å²) in [6.45, 7) is -0.334. The van der Waals surface area contributed by atoms with Crippen molar-refractivity contribution in [3.8, 4) is 0 Å². The molecule has 4 aliphatic heterocycles. The summed E-state index contributed by atoms with van der Waals surface area (Å²) in [5, 5.41) is 30.1. The van der Waals surface area contributed by atoms with Crippen molar-refractivity contribution in [1.29, 1.82) is 0 Å². The SMILES string of the molecule is c1ccc2c(c1)B1c3cc4c(cc3N(c3ccc5c6ccccc6c6ccccc6c5c3)c3cccc(c31)N2c1ccc2c3ccccc3c3ccccc3c2c1)N(c1ccc2c3ccccc3c3ccccc3c2c1)c1cccc2c1B4c1ccccc1N2c1ccc2c3ccccc3c3ccccc3c2c1. The van der Waals surface area contributed by atoms with Crippen molar-refractivity contribution in [2.45, 2.75) is 0 Å². The number of anilines is 12. The molecule has 4 heterocycles. The van der Waals surface area contributed by atoms with Gasteiger partial charge in [-0.2, -0.15) is 0 Å². The smallest absolute Gasteiger partial charge is 0.252 e. The second-order valence-corrected chi connectivity index (χ2v) is 30.0. The van der Waals surface area contributed by atoms with Crippen molar-refractivity contribution in [2.75, 3.05) is 19.6 Å². The lowest BCUT2D eigenvalue weighted by Crippen LogP contribution is -2.65. The highest BCUT2D eigenvalue weighted by Crippen LogP contribution is 2.52. The Morgan fingerprint density at radius 1 is 0.130 bits per heavy atom. The fourth-order valence-corrected chi connectivity index (χ4v) is 20.5. The molecule has 21 aromatic carbocycles. The molecule has 0 amide bonds. The van der Waals surface area contributed by atoms with Crippen LogP contribution in [0.25, 0.3) is 129 Å². The highest BCUT2D eigenvalue weighted by molar-refractivity contribution is 7.03. The van der Waals surface area contributed by atoms with Crippen LogP contribution in [0.3, 0.4) is 0 Å². The Kier molecular flexibility index (Phi) is 11.8. The average Bonchev–Trinajstić information content (AvgIpc) is 0.682. The molecule has 4 nitrogen and oxygen atoms in total. The summed E-state index contributed by atoms with van der Waals surface area (Å²) in [5.74, 6) is 0. The van der Waals surface area contributed by atoms with E-state index in [0.717, 1.165) is 45.5 Å². The Hall–Kier alpha value is -13.9. The predicted molar refractivity (Wildman–Crippen MR) is 465 cm³/mol. The number of rotatable bonds is 4. The van der Waals surface area contributed by atoms with E-state index in [1.54, 1.807) is 0 Å². The average molecular weight is 1360 g/mol. The second kappa shape index (κ2) is 21.8. The first-order valence-corrected chi connectivity index (χ1v) is 37.8. The first-order chi connectivity index (χ1) is 53.6. The van der Waals surface area contributed by atoms with E-state index in [9.17, 15) is 0 Å². The van der Waals surface area contributed by atoms with Crippen molar-refractivity contribution in [2.24, 2.45) is 0 Å². The van der Waals surface area contributed by atoms with Crippen LogP contribution in [0.4, 0.5) is 68.2 Å². The number of hydrogen-bond acceptors (Lipinski definition) is 4. The van der Waals surface area contributed by atoms with Crippen LogP contribution in [0.15, 0.2) is 364 Å². The Bertz CT molecular complexity index is 7060. The minimum Gasteiger partial charge on any atom is -0.311 e. The Morgan fingerprint density at radius 3 is 0.574 bits per heavy atom. The van der Waals surface area contributed by atoms with Gasteiger partial charge in [-0.3, -0.25) is 0 Å². The standard InChI is InChI=1S/C102H60B2N4/c1-5-31-73-65(23-1)69-27-9-13-35-77(69)85-55-61(47-51-81(73)85)105-93-41-19-17-39-89(93)103-91-59-92-100(60-99(91)107(97-45-21-43-95(105)101(97)103)63-49-53-83-75-33-7-3-25-67(75)71-29-11-15-37-79(71)87(83)57-63)108(64-50-54-84-76-34-8-4-26-68(76)72-30-12-16-38-80(72)88(84)58-64)98-46-22-44-96-102(98)104(92)90-40-18-20-42-94(90)106(96)62-48-52-82-74-32-6-2-24-66(74)70-28-10-14-36-78(70)86(82)56-62/h1-60H.